The zero-order valence-electron chi connectivity index (χ0n) is 10.6. The third kappa shape index (κ3) is 1.90. The zero-order chi connectivity index (χ0) is 13.6. The summed E-state index contributed by atoms with van der Waals surface area (Å²) in [5.74, 6) is 1.59. The highest BCUT2D eigenvalue weighted by molar-refractivity contribution is 6.34. The van der Waals surface area contributed by atoms with E-state index in [2.05, 4.69) is 5.16 Å². The van der Waals surface area contributed by atoms with Crippen molar-refractivity contribution in [3.05, 3.63) is 22.7 Å². The minimum atomic E-state index is 0.0824. The van der Waals surface area contributed by atoms with E-state index in [4.69, 9.17) is 31.3 Å². The van der Waals surface area contributed by atoms with E-state index >= 15 is 0 Å². The van der Waals surface area contributed by atoms with Crippen molar-refractivity contribution in [3.8, 4) is 22.8 Å². The van der Waals surface area contributed by atoms with Crippen LogP contribution in [0, 0.1) is 0 Å². The van der Waals surface area contributed by atoms with Gasteiger partial charge >= 0.3 is 0 Å². The van der Waals surface area contributed by atoms with E-state index in [0.29, 0.717) is 22.2 Å². The minimum Gasteiger partial charge on any atom is -0.493 e. The number of hydrogen-bond acceptors (Lipinski definition) is 5. The molecule has 1 atom stereocenters. The molecule has 6 heteroatoms. The summed E-state index contributed by atoms with van der Waals surface area (Å²) in [7, 11) is 1.59. The lowest BCUT2D eigenvalue weighted by Crippen LogP contribution is -2.05. The molecule has 3 rings (SSSR count). The monoisotopic (exact) mass is 280 g/mol. The van der Waals surface area contributed by atoms with Crippen molar-refractivity contribution in [2.75, 3.05) is 12.8 Å². The van der Waals surface area contributed by atoms with Crippen LogP contribution in [0.15, 0.2) is 16.7 Å². The van der Waals surface area contributed by atoms with Gasteiger partial charge in [0.2, 0.25) is 5.88 Å². The summed E-state index contributed by atoms with van der Waals surface area (Å²) in [4.78, 5) is 0. The van der Waals surface area contributed by atoms with Crippen LogP contribution in [0.1, 0.15) is 12.5 Å². The highest BCUT2D eigenvalue weighted by Gasteiger charge is 2.28. The topological polar surface area (TPSA) is 70.5 Å². The van der Waals surface area contributed by atoms with Crippen LogP contribution in [0.4, 0.5) is 5.88 Å². The fourth-order valence-electron chi connectivity index (χ4n) is 2.27. The molecule has 1 aromatic carbocycles. The number of nitrogens with zero attached hydrogens (tertiary/aromatic N) is 1. The predicted octanol–water partition coefficient (Wildman–Crippen LogP) is 2.91. The average molecular weight is 281 g/mol. The number of nitrogen functional groups attached to an aromatic ring is 1. The number of hydrogen-bond donors (Lipinski definition) is 1. The van der Waals surface area contributed by atoms with Gasteiger partial charge in [-0.05, 0) is 13.0 Å². The molecule has 2 N–H and O–H groups in total. The van der Waals surface area contributed by atoms with E-state index in [1.165, 1.54) is 0 Å². The number of halogens is 1. The maximum atomic E-state index is 6.43. The third-order valence-electron chi connectivity index (χ3n) is 3.11. The summed E-state index contributed by atoms with van der Waals surface area (Å²) in [5, 5.41) is 4.49. The van der Waals surface area contributed by atoms with Gasteiger partial charge in [-0.2, -0.15) is 0 Å². The molecular formula is C13H13ClN2O3. The molecule has 2 aromatic rings. The lowest BCUT2D eigenvalue weighted by atomic mass is 10.0. The Bertz CT molecular complexity index is 639. The lowest BCUT2D eigenvalue weighted by molar-refractivity contribution is 0.243. The molecule has 2 heterocycles. The van der Waals surface area contributed by atoms with Crippen molar-refractivity contribution in [1.29, 1.82) is 0 Å². The number of fused-ring (bicyclic) bond motifs is 1. The SMILES string of the molecule is COc1cc(-c2cc(N)on2)c(Cl)c2c1OC(C)C2. The molecule has 0 bridgehead atoms. The number of anilines is 1. The molecular weight excluding hydrogens is 268 g/mol. The van der Waals surface area contributed by atoms with Gasteiger partial charge < -0.3 is 19.7 Å². The van der Waals surface area contributed by atoms with E-state index in [0.717, 1.165) is 17.5 Å². The van der Waals surface area contributed by atoms with Crippen molar-refractivity contribution >= 4 is 17.5 Å². The van der Waals surface area contributed by atoms with Crippen LogP contribution in [0.5, 0.6) is 11.5 Å². The summed E-state index contributed by atoms with van der Waals surface area (Å²) in [6.45, 7) is 1.99. The van der Waals surface area contributed by atoms with Crippen molar-refractivity contribution in [2.24, 2.45) is 0 Å². The smallest absolute Gasteiger partial charge is 0.222 e. The maximum absolute atomic E-state index is 6.43. The molecule has 19 heavy (non-hydrogen) atoms. The molecule has 5 nitrogen and oxygen atoms in total. The van der Waals surface area contributed by atoms with Crippen molar-refractivity contribution in [2.45, 2.75) is 19.4 Å². The summed E-state index contributed by atoms with van der Waals surface area (Å²) >= 11 is 6.43. The lowest BCUT2D eigenvalue weighted by Gasteiger charge is -2.11. The molecule has 0 saturated heterocycles. The van der Waals surface area contributed by atoms with Crippen LogP contribution in [0.2, 0.25) is 5.02 Å². The van der Waals surface area contributed by atoms with Gasteiger partial charge in [0, 0.05) is 23.6 Å². The first-order valence-corrected chi connectivity index (χ1v) is 6.26. The first-order chi connectivity index (χ1) is 9.10. The van der Waals surface area contributed by atoms with E-state index in [1.54, 1.807) is 19.2 Å². The quantitative estimate of drug-likeness (QED) is 0.916. The van der Waals surface area contributed by atoms with Gasteiger partial charge in [-0.15, -0.1) is 0 Å². The van der Waals surface area contributed by atoms with Crippen LogP contribution in [0.3, 0.4) is 0 Å². The maximum Gasteiger partial charge on any atom is 0.222 e. The number of methoxy groups -OCH3 is 1. The Balaban J connectivity index is 2.20. The molecule has 0 radical (unpaired) electrons. The number of nitrogens with two attached hydrogens (primary N) is 1. The van der Waals surface area contributed by atoms with E-state index in [1.807, 2.05) is 6.92 Å². The Morgan fingerprint density at radius 3 is 2.89 bits per heavy atom. The molecule has 1 unspecified atom stereocenters. The fourth-order valence-corrected chi connectivity index (χ4v) is 2.58. The highest BCUT2D eigenvalue weighted by Crippen LogP contribution is 2.46. The van der Waals surface area contributed by atoms with Crippen LogP contribution in [-0.2, 0) is 6.42 Å². The standard InChI is InChI=1S/C13H13ClN2O3/c1-6-3-8-12(14)7(9-5-11(15)19-16-9)4-10(17-2)13(8)18-6/h4-6H,3,15H2,1-2H3. The Kier molecular flexibility index (Phi) is 2.78. The molecule has 1 aliphatic heterocycles. The Morgan fingerprint density at radius 2 is 2.26 bits per heavy atom. The molecule has 100 valence electrons. The fraction of sp³-hybridized carbons (Fsp3) is 0.308. The van der Waals surface area contributed by atoms with Gasteiger partial charge in [0.1, 0.15) is 11.8 Å². The minimum absolute atomic E-state index is 0.0824. The van der Waals surface area contributed by atoms with Crippen molar-refractivity contribution in [3.63, 3.8) is 0 Å². The molecule has 0 amide bonds. The van der Waals surface area contributed by atoms with Crippen molar-refractivity contribution < 1.29 is 14.0 Å². The average Bonchev–Trinajstić information content (AvgIpc) is 2.96. The number of benzene rings is 1. The normalized spacial score (nSPS) is 17.1. The molecule has 1 aromatic heterocycles. The Morgan fingerprint density at radius 1 is 1.47 bits per heavy atom. The van der Waals surface area contributed by atoms with E-state index in [-0.39, 0.29) is 12.0 Å². The van der Waals surface area contributed by atoms with Crippen LogP contribution < -0.4 is 15.2 Å². The summed E-state index contributed by atoms with van der Waals surface area (Å²) in [5.41, 5.74) is 7.80. The van der Waals surface area contributed by atoms with Crippen LogP contribution in [0.25, 0.3) is 11.3 Å². The number of aromatic nitrogens is 1. The van der Waals surface area contributed by atoms with Crippen LogP contribution >= 0.6 is 11.6 Å². The first kappa shape index (κ1) is 12.2. The van der Waals surface area contributed by atoms with Gasteiger partial charge in [-0.3, -0.25) is 0 Å². The number of ether oxygens (including phenoxy) is 2. The van der Waals surface area contributed by atoms with Gasteiger partial charge in [0.25, 0.3) is 0 Å². The second kappa shape index (κ2) is 4.35. The van der Waals surface area contributed by atoms with Gasteiger partial charge in [-0.1, -0.05) is 16.8 Å². The molecule has 0 aliphatic carbocycles. The predicted molar refractivity (Wildman–Crippen MR) is 71.7 cm³/mol. The highest BCUT2D eigenvalue weighted by atomic mass is 35.5. The molecule has 0 fully saturated rings. The second-order valence-electron chi connectivity index (χ2n) is 4.50. The number of rotatable bonds is 2. The van der Waals surface area contributed by atoms with Gasteiger partial charge in [0.15, 0.2) is 11.5 Å². The third-order valence-corrected chi connectivity index (χ3v) is 3.54. The van der Waals surface area contributed by atoms with Crippen LogP contribution in [-0.4, -0.2) is 18.4 Å². The largest absolute Gasteiger partial charge is 0.493 e. The second-order valence-corrected chi connectivity index (χ2v) is 4.87. The Labute approximate surface area is 115 Å². The van der Waals surface area contributed by atoms with Crippen molar-refractivity contribution in [1.82, 2.24) is 5.16 Å². The van der Waals surface area contributed by atoms with Gasteiger partial charge in [-0.25, -0.2) is 0 Å². The zero-order valence-corrected chi connectivity index (χ0v) is 11.3. The van der Waals surface area contributed by atoms with Gasteiger partial charge in [0.05, 0.1) is 12.1 Å². The summed E-state index contributed by atoms with van der Waals surface area (Å²) in [6.07, 6.45) is 0.824. The summed E-state index contributed by atoms with van der Waals surface area (Å²) in [6, 6.07) is 3.42. The van der Waals surface area contributed by atoms with E-state index < -0.39 is 0 Å². The molecule has 1 aliphatic rings. The first-order valence-electron chi connectivity index (χ1n) is 5.88. The molecule has 0 spiro atoms. The summed E-state index contributed by atoms with van der Waals surface area (Å²) < 4.78 is 16.0. The van der Waals surface area contributed by atoms with E-state index in [9.17, 15) is 0 Å². The Hall–Kier alpha value is -1.88. The molecule has 0 saturated carbocycles.